The fourth-order valence-corrected chi connectivity index (χ4v) is 3.72. The van der Waals surface area contributed by atoms with Crippen molar-refractivity contribution in [3.8, 4) is 17.6 Å². The van der Waals surface area contributed by atoms with Crippen LogP contribution in [-0.4, -0.2) is 5.97 Å². The molecule has 2 N–H and O–H groups in total. The van der Waals surface area contributed by atoms with E-state index in [0.717, 1.165) is 16.7 Å². The number of nitrogens with two attached hydrogens (primary N) is 1. The number of hydrogen-bond acceptors (Lipinski definition) is 5. The van der Waals surface area contributed by atoms with Gasteiger partial charge in [-0.15, -0.1) is 0 Å². The van der Waals surface area contributed by atoms with Crippen molar-refractivity contribution in [2.75, 3.05) is 0 Å². The molecule has 32 heavy (non-hydrogen) atoms. The van der Waals surface area contributed by atoms with Gasteiger partial charge in [-0.25, -0.2) is 4.79 Å². The smallest absolute Gasteiger partial charge is 0.336 e. The van der Waals surface area contributed by atoms with Crippen molar-refractivity contribution < 1.29 is 14.3 Å². The van der Waals surface area contributed by atoms with Gasteiger partial charge in [-0.2, -0.15) is 5.26 Å². The zero-order chi connectivity index (χ0) is 22.7. The van der Waals surface area contributed by atoms with Crippen LogP contribution < -0.4 is 15.2 Å². The summed E-state index contributed by atoms with van der Waals surface area (Å²) in [6, 6.07) is 22.3. The van der Waals surface area contributed by atoms with E-state index < -0.39 is 5.97 Å². The van der Waals surface area contributed by atoms with Crippen LogP contribution in [0.2, 0.25) is 5.02 Å². The zero-order valence-corrected chi connectivity index (χ0v) is 18.0. The summed E-state index contributed by atoms with van der Waals surface area (Å²) in [5, 5.41) is 10.2. The molecule has 0 aliphatic carbocycles. The Balaban J connectivity index is 1.60. The number of benzene rings is 3. The van der Waals surface area contributed by atoms with E-state index in [-0.39, 0.29) is 11.8 Å². The van der Waals surface area contributed by atoms with Crippen LogP contribution in [0.1, 0.15) is 28.2 Å². The van der Waals surface area contributed by atoms with Crippen LogP contribution in [0.25, 0.3) is 6.08 Å². The molecule has 0 bridgehead atoms. The number of aryl methyl sites for hydroxylation is 1. The molecule has 5 nitrogen and oxygen atoms in total. The first-order valence-electron chi connectivity index (χ1n) is 9.89. The lowest BCUT2D eigenvalue weighted by Crippen LogP contribution is -2.21. The van der Waals surface area contributed by atoms with Crippen LogP contribution in [-0.2, 0) is 4.79 Å². The molecule has 158 valence electrons. The zero-order valence-electron chi connectivity index (χ0n) is 17.2. The molecule has 1 atom stereocenters. The first-order chi connectivity index (χ1) is 15.5. The second-order valence-corrected chi connectivity index (χ2v) is 7.72. The number of nitriles is 1. The number of esters is 1. The topological polar surface area (TPSA) is 85.3 Å². The highest BCUT2D eigenvalue weighted by atomic mass is 35.5. The predicted molar refractivity (Wildman–Crippen MR) is 123 cm³/mol. The van der Waals surface area contributed by atoms with Gasteiger partial charge in [-0.3, -0.25) is 0 Å². The molecule has 0 aromatic heterocycles. The number of ether oxygens (including phenoxy) is 2. The lowest BCUT2D eigenvalue weighted by atomic mass is 9.83. The van der Waals surface area contributed by atoms with Crippen molar-refractivity contribution in [2.45, 2.75) is 12.8 Å². The fourth-order valence-electron chi connectivity index (χ4n) is 3.52. The summed E-state index contributed by atoms with van der Waals surface area (Å²) in [7, 11) is 0. The molecular formula is C26H19ClN2O3. The van der Waals surface area contributed by atoms with Crippen molar-refractivity contribution in [3.63, 3.8) is 0 Å². The molecule has 4 rings (SSSR count). The van der Waals surface area contributed by atoms with Gasteiger partial charge in [0.15, 0.2) is 0 Å². The summed E-state index contributed by atoms with van der Waals surface area (Å²) in [6.45, 7) is 2.00. The van der Waals surface area contributed by atoms with E-state index in [2.05, 4.69) is 6.07 Å². The van der Waals surface area contributed by atoms with Crippen LogP contribution in [0.15, 0.2) is 84.3 Å². The van der Waals surface area contributed by atoms with Gasteiger partial charge in [0, 0.05) is 22.7 Å². The predicted octanol–water partition coefficient (Wildman–Crippen LogP) is 5.49. The van der Waals surface area contributed by atoms with Crippen molar-refractivity contribution in [1.82, 2.24) is 0 Å². The van der Waals surface area contributed by atoms with Gasteiger partial charge in [0.25, 0.3) is 0 Å². The Hall–Kier alpha value is -4.01. The Bertz CT molecular complexity index is 1290. The van der Waals surface area contributed by atoms with Crippen molar-refractivity contribution in [2.24, 2.45) is 5.73 Å². The van der Waals surface area contributed by atoms with E-state index in [1.165, 1.54) is 6.08 Å². The Morgan fingerprint density at radius 1 is 1.16 bits per heavy atom. The third-order valence-electron chi connectivity index (χ3n) is 5.12. The number of carbonyl (C=O) groups excluding carboxylic acids is 1. The van der Waals surface area contributed by atoms with Crippen molar-refractivity contribution in [3.05, 3.63) is 112 Å². The monoisotopic (exact) mass is 442 g/mol. The van der Waals surface area contributed by atoms with Gasteiger partial charge in [0.05, 0.1) is 5.92 Å². The number of hydrogen-bond donors (Lipinski definition) is 1. The van der Waals surface area contributed by atoms with Crippen LogP contribution in [0, 0.1) is 18.3 Å². The van der Waals surface area contributed by atoms with E-state index in [1.807, 2.05) is 43.3 Å². The fraction of sp³-hybridized carbons (Fsp3) is 0.0769. The van der Waals surface area contributed by atoms with Crippen LogP contribution in [0.5, 0.6) is 11.5 Å². The lowest BCUT2D eigenvalue weighted by molar-refractivity contribution is -0.128. The maximum atomic E-state index is 12.3. The van der Waals surface area contributed by atoms with Crippen LogP contribution in [0.3, 0.4) is 0 Å². The number of nitrogens with zero attached hydrogens (tertiary/aromatic N) is 1. The number of carbonyl (C=O) groups is 1. The first-order valence-corrected chi connectivity index (χ1v) is 10.3. The molecule has 0 fully saturated rings. The van der Waals surface area contributed by atoms with Gasteiger partial charge < -0.3 is 15.2 Å². The van der Waals surface area contributed by atoms with Gasteiger partial charge >= 0.3 is 5.97 Å². The molecule has 1 heterocycles. The molecular weight excluding hydrogens is 424 g/mol. The van der Waals surface area contributed by atoms with Gasteiger partial charge in [0.1, 0.15) is 23.1 Å². The Morgan fingerprint density at radius 3 is 2.62 bits per heavy atom. The van der Waals surface area contributed by atoms with Crippen molar-refractivity contribution in [1.29, 1.82) is 5.26 Å². The van der Waals surface area contributed by atoms with E-state index in [1.54, 1.807) is 36.4 Å². The second kappa shape index (κ2) is 9.01. The maximum absolute atomic E-state index is 12.3. The number of fused-ring (bicyclic) bond motifs is 1. The van der Waals surface area contributed by atoms with E-state index in [9.17, 15) is 10.1 Å². The highest BCUT2D eigenvalue weighted by molar-refractivity contribution is 6.32. The Kier molecular flexibility index (Phi) is 5.98. The third-order valence-corrected chi connectivity index (χ3v) is 5.47. The molecule has 3 aromatic rings. The molecule has 1 aliphatic heterocycles. The molecule has 3 aromatic carbocycles. The molecule has 0 radical (unpaired) electrons. The molecule has 6 heteroatoms. The maximum Gasteiger partial charge on any atom is 0.336 e. The average molecular weight is 443 g/mol. The molecule has 1 unspecified atom stereocenters. The summed E-state index contributed by atoms with van der Waals surface area (Å²) < 4.78 is 11.1. The Morgan fingerprint density at radius 2 is 1.91 bits per heavy atom. The van der Waals surface area contributed by atoms with Crippen molar-refractivity contribution >= 4 is 23.6 Å². The molecule has 0 spiro atoms. The minimum Gasteiger partial charge on any atom is -0.440 e. The third kappa shape index (κ3) is 4.36. The van der Waals surface area contributed by atoms with Gasteiger partial charge in [-0.05, 0) is 36.3 Å². The minimum atomic E-state index is -0.558. The van der Waals surface area contributed by atoms with Gasteiger partial charge in [0.2, 0.25) is 5.88 Å². The molecule has 1 aliphatic rings. The van der Waals surface area contributed by atoms with Gasteiger partial charge in [-0.1, -0.05) is 65.7 Å². The second-order valence-electron chi connectivity index (χ2n) is 7.31. The summed E-state index contributed by atoms with van der Waals surface area (Å²) in [5.74, 6) is -0.153. The standard InChI is InChI=1S/C26H19ClN2O3/c1-16-6-8-18(9-7-16)25-20-12-11-19(14-23(20)32-26(29)21(25)15-28)31-24(30)13-10-17-4-2-3-5-22(17)27/h2-14,25H,29H2,1H3/b13-10+. The SMILES string of the molecule is Cc1ccc(C2C(C#N)=C(N)Oc3cc(OC(=O)/C=C/c4ccccc4Cl)ccc32)cc1. The Labute approximate surface area is 191 Å². The summed E-state index contributed by atoms with van der Waals surface area (Å²) >= 11 is 6.10. The highest BCUT2D eigenvalue weighted by Gasteiger charge is 2.30. The normalized spacial score (nSPS) is 15.1. The molecule has 0 amide bonds. The first kappa shape index (κ1) is 21.2. The minimum absolute atomic E-state index is 0.0349. The van der Waals surface area contributed by atoms with E-state index >= 15 is 0 Å². The number of rotatable bonds is 4. The number of allylic oxidation sites excluding steroid dienone is 1. The van der Waals surface area contributed by atoms with E-state index in [0.29, 0.717) is 27.7 Å². The lowest BCUT2D eigenvalue weighted by Gasteiger charge is -2.26. The summed E-state index contributed by atoms with van der Waals surface area (Å²) in [4.78, 5) is 12.3. The summed E-state index contributed by atoms with van der Waals surface area (Å²) in [6.07, 6.45) is 2.89. The highest BCUT2D eigenvalue weighted by Crippen LogP contribution is 2.43. The number of halogens is 1. The average Bonchev–Trinajstić information content (AvgIpc) is 2.78. The summed E-state index contributed by atoms with van der Waals surface area (Å²) in [5.41, 5.74) is 9.90. The molecule has 0 saturated carbocycles. The van der Waals surface area contributed by atoms with Crippen LogP contribution in [0.4, 0.5) is 0 Å². The van der Waals surface area contributed by atoms with E-state index in [4.69, 9.17) is 26.8 Å². The molecule has 0 saturated heterocycles. The quantitative estimate of drug-likeness (QED) is 0.328. The van der Waals surface area contributed by atoms with Crippen LogP contribution >= 0.6 is 11.6 Å². The largest absolute Gasteiger partial charge is 0.440 e.